The van der Waals surface area contributed by atoms with Crippen molar-refractivity contribution in [3.63, 3.8) is 0 Å². The number of ether oxygens (including phenoxy) is 1. The van der Waals surface area contributed by atoms with Crippen molar-refractivity contribution in [2.75, 3.05) is 7.11 Å². The van der Waals surface area contributed by atoms with Gasteiger partial charge in [0.25, 0.3) is 5.78 Å². The average molecular weight is 380 g/mol. The lowest BCUT2D eigenvalue weighted by Crippen LogP contribution is -1.97. The second kappa shape index (κ2) is 7.03. The summed E-state index contributed by atoms with van der Waals surface area (Å²) in [7, 11) is 1.66. The maximum Gasteiger partial charge on any atom is 0.253 e. The van der Waals surface area contributed by atoms with Crippen molar-refractivity contribution in [1.82, 2.24) is 29.5 Å². The number of nitrogens with zero attached hydrogens (tertiary/aromatic N) is 5. The van der Waals surface area contributed by atoms with Crippen LogP contribution in [0.3, 0.4) is 0 Å². The number of hydrogen-bond acceptors (Lipinski definition) is 6. The third-order valence-electron chi connectivity index (χ3n) is 4.23. The van der Waals surface area contributed by atoms with E-state index in [-0.39, 0.29) is 5.25 Å². The number of aromatic nitrogens is 6. The fourth-order valence-electron chi connectivity index (χ4n) is 2.89. The highest BCUT2D eigenvalue weighted by Gasteiger charge is 2.16. The van der Waals surface area contributed by atoms with Crippen LogP contribution in [0.1, 0.15) is 29.4 Å². The molecule has 1 aromatic carbocycles. The maximum absolute atomic E-state index is 5.29. The van der Waals surface area contributed by atoms with Crippen molar-refractivity contribution in [1.29, 1.82) is 0 Å². The molecule has 3 heterocycles. The van der Waals surface area contributed by atoms with Gasteiger partial charge in [0.05, 0.1) is 18.1 Å². The van der Waals surface area contributed by atoms with Crippen LogP contribution in [0.5, 0.6) is 5.75 Å². The Balaban J connectivity index is 1.56. The zero-order chi connectivity index (χ0) is 19.0. The van der Waals surface area contributed by atoms with Gasteiger partial charge >= 0.3 is 0 Å². The van der Waals surface area contributed by atoms with Gasteiger partial charge in [-0.3, -0.25) is 0 Å². The summed E-state index contributed by atoms with van der Waals surface area (Å²) in [5.74, 6) is 2.31. The lowest BCUT2D eigenvalue weighted by Gasteiger charge is -2.04. The highest BCUT2D eigenvalue weighted by Crippen LogP contribution is 2.33. The normalized spacial score (nSPS) is 12.4. The quantitative estimate of drug-likeness (QED) is 0.527. The molecule has 0 radical (unpaired) electrons. The molecule has 4 rings (SSSR count). The fraction of sp³-hybridized carbons (Fsp3) is 0.263. The van der Waals surface area contributed by atoms with Crippen molar-refractivity contribution in [3.8, 4) is 17.0 Å². The Kier molecular flexibility index (Phi) is 4.57. The molecule has 1 N–H and O–H groups in total. The van der Waals surface area contributed by atoms with E-state index in [0.29, 0.717) is 10.9 Å². The Morgan fingerprint density at radius 2 is 2.00 bits per heavy atom. The lowest BCUT2D eigenvalue weighted by atomic mass is 10.1. The average Bonchev–Trinajstić information content (AvgIpc) is 3.29. The molecule has 0 spiro atoms. The van der Waals surface area contributed by atoms with Gasteiger partial charge in [-0.05, 0) is 39.0 Å². The lowest BCUT2D eigenvalue weighted by molar-refractivity contribution is 0.415. The van der Waals surface area contributed by atoms with E-state index in [1.54, 1.807) is 23.4 Å². The summed E-state index contributed by atoms with van der Waals surface area (Å²) < 4.78 is 7.06. The standard InChI is InChI=1S/C19H20N6OS/c1-11-8-12(2)25-18(21-11)23-19(24-25)27-13(3)17-20-10-16(22-17)14-6-5-7-15(9-14)26-4/h5-10,13H,1-4H3,(H,20,22). The largest absolute Gasteiger partial charge is 0.497 e. The molecule has 1 unspecified atom stereocenters. The number of methoxy groups -OCH3 is 1. The number of nitrogens with one attached hydrogen (secondary N) is 1. The molecule has 0 fully saturated rings. The predicted octanol–water partition coefficient (Wildman–Crippen LogP) is 3.99. The van der Waals surface area contributed by atoms with E-state index in [9.17, 15) is 0 Å². The Bertz CT molecular complexity index is 1100. The van der Waals surface area contributed by atoms with Crippen LogP contribution in [0.25, 0.3) is 17.0 Å². The molecular weight excluding hydrogens is 360 g/mol. The van der Waals surface area contributed by atoms with Crippen LogP contribution >= 0.6 is 11.8 Å². The van der Waals surface area contributed by atoms with Gasteiger partial charge < -0.3 is 9.72 Å². The first-order valence-corrected chi connectivity index (χ1v) is 9.49. The number of hydrogen-bond donors (Lipinski definition) is 1. The molecule has 0 aliphatic rings. The molecule has 0 bridgehead atoms. The number of aryl methyl sites for hydroxylation is 2. The number of H-pyrrole nitrogens is 1. The molecule has 4 aromatic rings. The molecule has 7 nitrogen and oxygen atoms in total. The van der Waals surface area contributed by atoms with Crippen molar-refractivity contribution in [3.05, 3.63) is 53.7 Å². The molecule has 0 saturated heterocycles. The number of aromatic amines is 1. The zero-order valence-electron chi connectivity index (χ0n) is 15.6. The summed E-state index contributed by atoms with van der Waals surface area (Å²) in [6, 6.07) is 9.85. The third-order valence-corrected chi connectivity index (χ3v) is 5.19. The van der Waals surface area contributed by atoms with Gasteiger partial charge in [0.1, 0.15) is 11.6 Å². The van der Waals surface area contributed by atoms with E-state index in [4.69, 9.17) is 9.72 Å². The minimum absolute atomic E-state index is 0.0724. The summed E-state index contributed by atoms with van der Waals surface area (Å²) in [6.45, 7) is 6.04. The molecule has 3 aromatic heterocycles. The van der Waals surface area contributed by atoms with Crippen molar-refractivity contribution < 1.29 is 4.74 Å². The number of thioether (sulfide) groups is 1. The minimum atomic E-state index is 0.0724. The van der Waals surface area contributed by atoms with Crippen molar-refractivity contribution >= 4 is 17.5 Å². The van der Waals surface area contributed by atoms with Crippen LogP contribution in [0.2, 0.25) is 0 Å². The van der Waals surface area contributed by atoms with Crippen LogP contribution < -0.4 is 4.74 Å². The van der Waals surface area contributed by atoms with Crippen LogP contribution in [0.4, 0.5) is 0 Å². The molecule has 0 saturated carbocycles. The second-order valence-electron chi connectivity index (χ2n) is 6.31. The first-order chi connectivity index (χ1) is 13.0. The predicted molar refractivity (Wildman–Crippen MR) is 105 cm³/mol. The summed E-state index contributed by atoms with van der Waals surface area (Å²) in [5, 5.41) is 5.31. The van der Waals surface area contributed by atoms with Gasteiger partial charge in [0.15, 0.2) is 0 Å². The summed E-state index contributed by atoms with van der Waals surface area (Å²) >= 11 is 1.55. The highest BCUT2D eigenvalue weighted by atomic mass is 32.2. The summed E-state index contributed by atoms with van der Waals surface area (Å²) in [4.78, 5) is 17.0. The fourth-order valence-corrected chi connectivity index (χ4v) is 3.70. The molecule has 0 aliphatic heterocycles. The van der Waals surface area contributed by atoms with E-state index in [0.717, 1.165) is 34.2 Å². The first-order valence-electron chi connectivity index (χ1n) is 8.61. The molecule has 8 heteroatoms. The Hall–Kier alpha value is -2.87. The molecule has 138 valence electrons. The number of rotatable bonds is 5. The van der Waals surface area contributed by atoms with E-state index in [2.05, 4.69) is 27.0 Å². The highest BCUT2D eigenvalue weighted by molar-refractivity contribution is 7.99. The monoisotopic (exact) mass is 380 g/mol. The molecule has 0 amide bonds. The first kappa shape index (κ1) is 17.5. The molecule has 0 aliphatic carbocycles. The van der Waals surface area contributed by atoms with E-state index in [1.165, 1.54) is 0 Å². The summed E-state index contributed by atoms with van der Waals surface area (Å²) in [5.41, 5.74) is 3.84. The van der Waals surface area contributed by atoms with Crippen LogP contribution in [0, 0.1) is 13.8 Å². The molecule has 1 atom stereocenters. The Labute approximate surface area is 161 Å². The third kappa shape index (κ3) is 3.52. The van der Waals surface area contributed by atoms with Gasteiger partial charge in [-0.2, -0.15) is 4.98 Å². The van der Waals surface area contributed by atoms with Gasteiger partial charge in [-0.25, -0.2) is 14.5 Å². The molecule has 27 heavy (non-hydrogen) atoms. The zero-order valence-corrected chi connectivity index (χ0v) is 16.4. The Morgan fingerprint density at radius 1 is 1.15 bits per heavy atom. The number of benzene rings is 1. The van der Waals surface area contributed by atoms with Crippen molar-refractivity contribution in [2.24, 2.45) is 0 Å². The van der Waals surface area contributed by atoms with Crippen LogP contribution in [-0.4, -0.2) is 36.7 Å². The van der Waals surface area contributed by atoms with Crippen LogP contribution in [0.15, 0.2) is 41.7 Å². The van der Waals surface area contributed by atoms with Gasteiger partial charge in [-0.15, -0.1) is 5.10 Å². The van der Waals surface area contributed by atoms with Gasteiger partial charge in [0.2, 0.25) is 5.16 Å². The van der Waals surface area contributed by atoms with Gasteiger partial charge in [-0.1, -0.05) is 23.9 Å². The van der Waals surface area contributed by atoms with E-state index < -0.39 is 0 Å². The minimum Gasteiger partial charge on any atom is -0.497 e. The van der Waals surface area contributed by atoms with Gasteiger partial charge in [0, 0.05) is 23.1 Å². The topological polar surface area (TPSA) is 81.0 Å². The summed E-state index contributed by atoms with van der Waals surface area (Å²) in [6.07, 6.45) is 1.91. The Morgan fingerprint density at radius 3 is 2.81 bits per heavy atom. The van der Waals surface area contributed by atoms with E-state index in [1.807, 2.05) is 50.4 Å². The SMILES string of the molecule is COc1cccc(-c2c[nH]c(C(C)Sc3nc4nc(C)cc(C)n4n3)n2)c1. The van der Waals surface area contributed by atoms with E-state index >= 15 is 0 Å². The number of fused-ring (bicyclic) bond motifs is 1. The number of imidazole rings is 1. The second-order valence-corrected chi connectivity index (χ2v) is 7.62. The maximum atomic E-state index is 5.29. The van der Waals surface area contributed by atoms with Crippen molar-refractivity contribution in [2.45, 2.75) is 31.2 Å². The molecular formula is C19H20N6OS. The van der Waals surface area contributed by atoms with Crippen LogP contribution in [-0.2, 0) is 0 Å². The smallest absolute Gasteiger partial charge is 0.253 e.